The van der Waals surface area contributed by atoms with Crippen LogP contribution in [0.5, 0.6) is 5.75 Å². The molecule has 0 atom stereocenters. The summed E-state index contributed by atoms with van der Waals surface area (Å²) in [5.41, 5.74) is -0.147. The largest absolute Gasteiger partial charge is 0.505 e. The molecular formula is C12H9ClN2O3S. The number of nitro benzene ring substituents is 1. The fourth-order valence-corrected chi connectivity index (χ4v) is 2.42. The molecule has 19 heavy (non-hydrogen) atoms. The molecule has 0 aliphatic rings. The quantitative estimate of drug-likeness (QED) is 0.527. The molecule has 0 bridgehead atoms. The number of phenols is 1. The van der Waals surface area contributed by atoms with E-state index in [-0.39, 0.29) is 22.1 Å². The topological polar surface area (TPSA) is 75.7 Å². The number of benzene rings is 1. The van der Waals surface area contributed by atoms with Crippen LogP contribution >= 0.6 is 22.9 Å². The highest BCUT2D eigenvalue weighted by molar-refractivity contribution is 7.13. The minimum atomic E-state index is -0.655. The first kappa shape index (κ1) is 13.5. The van der Waals surface area contributed by atoms with E-state index in [0.29, 0.717) is 0 Å². The Morgan fingerprint density at radius 3 is 2.79 bits per heavy atom. The van der Waals surface area contributed by atoms with Crippen LogP contribution in [0, 0.1) is 17.0 Å². The number of halogens is 1. The van der Waals surface area contributed by atoms with E-state index in [2.05, 4.69) is 4.99 Å². The Hall–Kier alpha value is -1.92. The van der Waals surface area contributed by atoms with E-state index < -0.39 is 4.92 Å². The minimum Gasteiger partial charge on any atom is -0.505 e. The van der Waals surface area contributed by atoms with Crippen molar-refractivity contribution in [3.63, 3.8) is 0 Å². The Kier molecular flexibility index (Phi) is 3.82. The lowest BCUT2D eigenvalue weighted by atomic mass is 10.2. The van der Waals surface area contributed by atoms with E-state index in [1.54, 1.807) is 17.6 Å². The second-order valence-corrected chi connectivity index (χ2v) is 5.48. The predicted molar refractivity (Wildman–Crippen MR) is 76.1 cm³/mol. The van der Waals surface area contributed by atoms with Gasteiger partial charge in [0.05, 0.1) is 11.0 Å². The summed E-state index contributed by atoms with van der Waals surface area (Å²) in [6.45, 7) is 1.97. The number of rotatable bonds is 3. The number of aromatic hydroxyl groups is 1. The highest BCUT2D eigenvalue weighted by atomic mass is 35.5. The summed E-state index contributed by atoms with van der Waals surface area (Å²) in [5, 5.41) is 20.3. The zero-order chi connectivity index (χ0) is 14.0. The second-order valence-electron chi connectivity index (χ2n) is 3.76. The number of nitrogens with zero attached hydrogens (tertiary/aromatic N) is 2. The van der Waals surface area contributed by atoms with E-state index in [9.17, 15) is 15.2 Å². The third-order valence-corrected chi connectivity index (χ3v) is 3.57. The summed E-state index contributed by atoms with van der Waals surface area (Å²) >= 11 is 7.31. The summed E-state index contributed by atoms with van der Waals surface area (Å²) in [6.07, 6.45) is 1.58. The predicted octanol–water partition coefficient (Wildman–Crippen LogP) is 4.07. The fourth-order valence-electron chi connectivity index (χ4n) is 1.44. The average Bonchev–Trinajstić information content (AvgIpc) is 2.75. The third kappa shape index (κ3) is 3.10. The molecule has 7 heteroatoms. The molecule has 0 amide bonds. The van der Waals surface area contributed by atoms with E-state index in [1.807, 2.05) is 19.1 Å². The number of hydrogen-bond donors (Lipinski definition) is 1. The molecule has 0 aliphatic carbocycles. The number of hydrogen-bond acceptors (Lipinski definition) is 5. The fraction of sp³-hybridized carbons (Fsp3) is 0.0833. The van der Waals surface area contributed by atoms with Gasteiger partial charge in [-0.2, -0.15) is 0 Å². The Bertz CT molecular complexity index is 667. The maximum absolute atomic E-state index is 10.6. The van der Waals surface area contributed by atoms with Gasteiger partial charge in [0, 0.05) is 16.0 Å². The standard InChI is InChI=1S/C12H9ClN2O3S/c1-7-2-3-8(19-7)6-14-10-4-9(13)11(15(17)18)5-12(10)16/h2-6,16H,1H3. The molecule has 0 fully saturated rings. The summed E-state index contributed by atoms with van der Waals surface area (Å²) in [7, 11) is 0. The first-order chi connectivity index (χ1) is 8.97. The Balaban J connectivity index is 2.33. The number of thiophene rings is 1. The molecule has 0 saturated heterocycles. The minimum absolute atomic E-state index is 0.0580. The molecule has 0 aliphatic heterocycles. The van der Waals surface area contributed by atoms with Gasteiger partial charge in [-0.05, 0) is 25.1 Å². The van der Waals surface area contributed by atoms with Crippen molar-refractivity contribution < 1.29 is 10.0 Å². The van der Waals surface area contributed by atoms with Gasteiger partial charge in [0.15, 0.2) is 0 Å². The van der Waals surface area contributed by atoms with Gasteiger partial charge in [-0.1, -0.05) is 11.6 Å². The van der Waals surface area contributed by atoms with Crippen molar-refractivity contribution in [2.45, 2.75) is 6.92 Å². The highest BCUT2D eigenvalue weighted by Crippen LogP contribution is 2.36. The lowest BCUT2D eigenvalue weighted by Gasteiger charge is -2.00. The van der Waals surface area contributed by atoms with Crippen LogP contribution < -0.4 is 0 Å². The van der Waals surface area contributed by atoms with E-state index in [0.717, 1.165) is 15.8 Å². The summed E-state index contributed by atoms with van der Waals surface area (Å²) in [5.74, 6) is -0.277. The van der Waals surface area contributed by atoms with Gasteiger partial charge in [-0.25, -0.2) is 0 Å². The Labute approximate surface area is 118 Å². The smallest absolute Gasteiger partial charge is 0.291 e. The van der Waals surface area contributed by atoms with Crippen LogP contribution in [-0.4, -0.2) is 16.2 Å². The molecule has 0 saturated carbocycles. The van der Waals surface area contributed by atoms with Crippen LogP contribution in [-0.2, 0) is 0 Å². The SMILES string of the molecule is Cc1ccc(C=Nc2cc(Cl)c([N+](=O)[O-])cc2O)s1. The zero-order valence-corrected chi connectivity index (χ0v) is 11.4. The van der Waals surface area contributed by atoms with Crippen molar-refractivity contribution >= 4 is 40.5 Å². The molecule has 0 spiro atoms. The Morgan fingerprint density at radius 2 is 2.21 bits per heavy atom. The van der Waals surface area contributed by atoms with Gasteiger partial charge in [0.1, 0.15) is 16.5 Å². The second kappa shape index (κ2) is 5.38. The number of aryl methyl sites for hydroxylation is 1. The lowest BCUT2D eigenvalue weighted by molar-refractivity contribution is -0.384. The zero-order valence-electron chi connectivity index (χ0n) is 9.83. The highest BCUT2D eigenvalue weighted by Gasteiger charge is 2.16. The van der Waals surface area contributed by atoms with Crippen LogP contribution in [0.25, 0.3) is 0 Å². The molecule has 5 nitrogen and oxygen atoms in total. The van der Waals surface area contributed by atoms with Crippen LogP contribution in [0.4, 0.5) is 11.4 Å². The molecule has 0 unspecified atom stereocenters. The van der Waals surface area contributed by atoms with E-state index in [1.165, 1.54) is 6.07 Å². The molecule has 1 N–H and O–H groups in total. The molecule has 0 radical (unpaired) electrons. The van der Waals surface area contributed by atoms with Crippen molar-refractivity contribution in [2.24, 2.45) is 4.99 Å². The van der Waals surface area contributed by atoms with Crippen LogP contribution in [0.1, 0.15) is 9.75 Å². The monoisotopic (exact) mass is 296 g/mol. The molecule has 2 aromatic rings. The van der Waals surface area contributed by atoms with Crippen LogP contribution in [0.15, 0.2) is 29.3 Å². The Morgan fingerprint density at radius 1 is 1.47 bits per heavy atom. The maximum atomic E-state index is 10.6. The molecule has 1 aromatic carbocycles. The number of phenolic OH excluding ortho intramolecular Hbond substituents is 1. The van der Waals surface area contributed by atoms with Gasteiger partial charge >= 0.3 is 0 Å². The molecule has 98 valence electrons. The van der Waals surface area contributed by atoms with Crippen LogP contribution in [0.2, 0.25) is 5.02 Å². The molecule has 1 aromatic heterocycles. The average molecular weight is 297 g/mol. The molecule has 1 heterocycles. The van der Waals surface area contributed by atoms with Crippen molar-refractivity contribution in [2.75, 3.05) is 0 Å². The summed E-state index contributed by atoms with van der Waals surface area (Å²) < 4.78 is 0. The molecule has 2 rings (SSSR count). The lowest BCUT2D eigenvalue weighted by Crippen LogP contribution is -1.88. The van der Waals surface area contributed by atoms with Crippen molar-refractivity contribution in [1.29, 1.82) is 0 Å². The van der Waals surface area contributed by atoms with E-state index in [4.69, 9.17) is 11.6 Å². The normalized spacial score (nSPS) is 11.1. The summed E-state index contributed by atoms with van der Waals surface area (Å²) in [6, 6.07) is 6.11. The van der Waals surface area contributed by atoms with Crippen LogP contribution in [0.3, 0.4) is 0 Å². The van der Waals surface area contributed by atoms with Gasteiger partial charge < -0.3 is 5.11 Å². The van der Waals surface area contributed by atoms with Gasteiger partial charge in [0.2, 0.25) is 0 Å². The summed E-state index contributed by atoms with van der Waals surface area (Å²) in [4.78, 5) is 16.1. The van der Waals surface area contributed by atoms with E-state index >= 15 is 0 Å². The van der Waals surface area contributed by atoms with Crippen molar-refractivity contribution in [3.05, 3.63) is 49.2 Å². The van der Waals surface area contributed by atoms with Gasteiger partial charge in [-0.15, -0.1) is 11.3 Å². The number of nitro groups is 1. The van der Waals surface area contributed by atoms with Gasteiger partial charge in [-0.3, -0.25) is 15.1 Å². The van der Waals surface area contributed by atoms with Gasteiger partial charge in [0.25, 0.3) is 5.69 Å². The molecular weight excluding hydrogens is 288 g/mol. The van der Waals surface area contributed by atoms with Crippen molar-refractivity contribution in [3.8, 4) is 5.75 Å². The first-order valence-corrected chi connectivity index (χ1v) is 6.44. The van der Waals surface area contributed by atoms with Crippen molar-refractivity contribution in [1.82, 2.24) is 0 Å². The third-order valence-electron chi connectivity index (χ3n) is 2.33. The first-order valence-electron chi connectivity index (χ1n) is 5.25. The number of aliphatic imine (C=N–C) groups is 1. The maximum Gasteiger partial charge on any atom is 0.291 e.